The minimum atomic E-state index is 0.284. The first-order chi connectivity index (χ1) is 13.7. The van der Waals surface area contributed by atoms with Crippen LogP contribution in [0, 0.1) is 0 Å². The van der Waals surface area contributed by atoms with Crippen LogP contribution in [0.4, 0.5) is 0 Å². The molecule has 1 aliphatic heterocycles. The van der Waals surface area contributed by atoms with E-state index in [1.165, 1.54) is 5.56 Å². The van der Waals surface area contributed by atoms with Gasteiger partial charge in [-0.3, -0.25) is 4.90 Å². The fourth-order valence-electron chi connectivity index (χ4n) is 3.50. The Morgan fingerprint density at radius 1 is 1.07 bits per heavy atom. The van der Waals surface area contributed by atoms with Crippen molar-refractivity contribution in [1.82, 2.24) is 25.2 Å². The number of ether oxygens (including phenoxy) is 2. The van der Waals surface area contributed by atoms with Gasteiger partial charge in [0.1, 0.15) is 11.5 Å². The fourth-order valence-corrected chi connectivity index (χ4v) is 3.50. The normalized spacial score (nSPS) is 15.5. The summed E-state index contributed by atoms with van der Waals surface area (Å²) in [6, 6.07) is 7.83. The molecule has 0 saturated carbocycles. The number of piperidine rings is 1. The van der Waals surface area contributed by atoms with E-state index in [2.05, 4.69) is 37.4 Å². The van der Waals surface area contributed by atoms with Crippen molar-refractivity contribution >= 4 is 0 Å². The van der Waals surface area contributed by atoms with E-state index in [1.54, 1.807) is 26.6 Å². The predicted octanol–water partition coefficient (Wildman–Crippen LogP) is 2.92. The largest absolute Gasteiger partial charge is 0.497 e. The van der Waals surface area contributed by atoms with E-state index in [4.69, 9.17) is 14.0 Å². The molecule has 1 fully saturated rings. The summed E-state index contributed by atoms with van der Waals surface area (Å²) in [4.78, 5) is 6.99. The molecule has 0 spiro atoms. The molecule has 3 heterocycles. The molecule has 0 atom stereocenters. The molecule has 0 radical (unpaired) electrons. The SMILES string of the molecule is COc1cc(CN2CCC(c3nc(-c4ccnnc4)no3)CC2)cc(OC)c1. The van der Waals surface area contributed by atoms with Gasteiger partial charge in [-0.1, -0.05) is 5.16 Å². The summed E-state index contributed by atoms with van der Waals surface area (Å²) in [7, 11) is 3.34. The van der Waals surface area contributed by atoms with Crippen molar-refractivity contribution in [3.63, 3.8) is 0 Å². The van der Waals surface area contributed by atoms with E-state index in [1.807, 2.05) is 12.1 Å². The molecule has 0 bridgehead atoms. The lowest BCUT2D eigenvalue weighted by Gasteiger charge is -2.30. The molecule has 1 saturated heterocycles. The Morgan fingerprint density at radius 2 is 1.82 bits per heavy atom. The Kier molecular flexibility index (Phi) is 5.48. The highest BCUT2D eigenvalue weighted by Crippen LogP contribution is 2.30. The van der Waals surface area contributed by atoms with Crippen LogP contribution in [-0.2, 0) is 6.54 Å². The van der Waals surface area contributed by atoms with E-state index in [0.29, 0.717) is 11.7 Å². The van der Waals surface area contributed by atoms with Crippen molar-refractivity contribution in [1.29, 1.82) is 0 Å². The first kappa shape index (κ1) is 18.4. The molecule has 1 aromatic carbocycles. The topological polar surface area (TPSA) is 86.4 Å². The van der Waals surface area contributed by atoms with Crippen LogP contribution in [0.15, 0.2) is 41.2 Å². The van der Waals surface area contributed by atoms with Crippen molar-refractivity contribution in [2.24, 2.45) is 0 Å². The lowest BCUT2D eigenvalue weighted by Crippen LogP contribution is -2.32. The number of nitrogens with zero attached hydrogens (tertiary/aromatic N) is 5. The Labute approximate surface area is 163 Å². The fraction of sp³-hybridized carbons (Fsp3) is 0.400. The van der Waals surface area contributed by atoms with E-state index < -0.39 is 0 Å². The molecule has 28 heavy (non-hydrogen) atoms. The maximum absolute atomic E-state index is 5.51. The van der Waals surface area contributed by atoms with Gasteiger partial charge in [0.25, 0.3) is 0 Å². The van der Waals surface area contributed by atoms with E-state index in [-0.39, 0.29) is 5.92 Å². The van der Waals surface area contributed by atoms with Crippen molar-refractivity contribution < 1.29 is 14.0 Å². The lowest BCUT2D eigenvalue weighted by atomic mass is 9.96. The molecule has 0 N–H and O–H groups in total. The Balaban J connectivity index is 1.37. The van der Waals surface area contributed by atoms with Gasteiger partial charge in [0.15, 0.2) is 0 Å². The van der Waals surface area contributed by atoms with Crippen molar-refractivity contribution in [3.05, 3.63) is 48.1 Å². The van der Waals surface area contributed by atoms with Gasteiger partial charge in [-0.25, -0.2) is 0 Å². The first-order valence-electron chi connectivity index (χ1n) is 9.30. The molecule has 8 heteroatoms. The number of methoxy groups -OCH3 is 2. The number of aromatic nitrogens is 4. The van der Waals surface area contributed by atoms with E-state index >= 15 is 0 Å². The molecule has 0 aliphatic carbocycles. The van der Waals surface area contributed by atoms with Crippen molar-refractivity contribution in [2.75, 3.05) is 27.3 Å². The van der Waals surface area contributed by atoms with Crippen LogP contribution in [0.5, 0.6) is 11.5 Å². The highest BCUT2D eigenvalue weighted by Gasteiger charge is 2.25. The average molecular weight is 381 g/mol. The maximum atomic E-state index is 5.51. The molecule has 0 unspecified atom stereocenters. The summed E-state index contributed by atoms with van der Waals surface area (Å²) in [5, 5.41) is 11.7. The average Bonchev–Trinajstić information content (AvgIpc) is 3.25. The monoisotopic (exact) mass is 381 g/mol. The molecule has 8 nitrogen and oxygen atoms in total. The van der Waals surface area contributed by atoms with Crippen LogP contribution < -0.4 is 9.47 Å². The first-order valence-corrected chi connectivity index (χ1v) is 9.30. The second kappa shape index (κ2) is 8.35. The standard InChI is InChI=1S/C20H23N5O3/c1-26-17-9-14(10-18(11-17)27-2)13-25-7-4-15(5-8-25)20-23-19(24-28-20)16-3-6-21-22-12-16/h3,6,9-12,15H,4-5,7-8,13H2,1-2H3. The highest BCUT2D eigenvalue weighted by atomic mass is 16.5. The molecule has 4 rings (SSSR count). The number of likely N-dealkylation sites (tertiary alicyclic amines) is 1. The third-order valence-electron chi connectivity index (χ3n) is 5.04. The molecule has 146 valence electrons. The van der Waals surface area contributed by atoms with Crippen molar-refractivity contribution in [2.45, 2.75) is 25.3 Å². The number of hydrogen-bond donors (Lipinski definition) is 0. The van der Waals surface area contributed by atoms with Gasteiger partial charge in [-0.2, -0.15) is 15.2 Å². The van der Waals surface area contributed by atoms with E-state index in [0.717, 1.165) is 49.5 Å². The summed E-state index contributed by atoms with van der Waals surface area (Å²) in [6.45, 7) is 2.80. The zero-order valence-corrected chi connectivity index (χ0v) is 16.0. The van der Waals surface area contributed by atoms with Gasteiger partial charge in [-0.15, -0.1) is 0 Å². The number of rotatable bonds is 6. The van der Waals surface area contributed by atoms with Gasteiger partial charge in [0.2, 0.25) is 11.7 Å². The number of benzene rings is 1. The van der Waals surface area contributed by atoms with Crippen LogP contribution in [0.3, 0.4) is 0 Å². The number of hydrogen-bond acceptors (Lipinski definition) is 8. The van der Waals surface area contributed by atoms with Crippen LogP contribution in [0.2, 0.25) is 0 Å². The predicted molar refractivity (Wildman–Crippen MR) is 102 cm³/mol. The summed E-state index contributed by atoms with van der Waals surface area (Å²) in [5.74, 6) is 3.18. The summed E-state index contributed by atoms with van der Waals surface area (Å²) in [5.41, 5.74) is 1.99. The van der Waals surface area contributed by atoms with Gasteiger partial charge in [0.05, 0.1) is 26.6 Å². The molecule has 1 aliphatic rings. The Bertz CT molecular complexity index is 885. The minimum Gasteiger partial charge on any atom is -0.497 e. The maximum Gasteiger partial charge on any atom is 0.230 e. The molecular weight excluding hydrogens is 358 g/mol. The van der Waals surface area contributed by atoms with Crippen LogP contribution in [-0.4, -0.2) is 52.5 Å². The summed E-state index contributed by atoms with van der Waals surface area (Å²) < 4.78 is 16.2. The molecule has 0 amide bonds. The van der Waals surface area contributed by atoms with E-state index in [9.17, 15) is 0 Å². The summed E-state index contributed by atoms with van der Waals surface area (Å²) >= 11 is 0. The third-order valence-corrected chi connectivity index (χ3v) is 5.04. The van der Waals surface area contributed by atoms with Gasteiger partial charge >= 0.3 is 0 Å². The smallest absolute Gasteiger partial charge is 0.230 e. The highest BCUT2D eigenvalue weighted by molar-refractivity contribution is 5.51. The molecular formula is C20H23N5O3. The zero-order valence-electron chi connectivity index (χ0n) is 16.0. The van der Waals surface area contributed by atoms with Crippen LogP contribution in [0.25, 0.3) is 11.4 Å². The van der Waals surface area contributed by atoms with Crippen LogP contribution >= 0.6 is 0 Å². The zero-order chi connectivity index (χ0) is 19.3. The van der Waals surface area contributed by atoms with Crippen LogP contribution in [0.1, 0.15) is 30.2 Å². The van der Waals surface area contributed by atoms with Crippen molar-refractivity contribution in [3.8, 4) is 22.9 Å². The van der Waals surface area contributed by atoms with Gasteiger partial charge in [0, 0.05) is 24.1 Å². The quantitative estimate of drug-likeness (QED) is 0.644. The second-order valence-corrected chi connectivity index (χ2v) is 6.86. The Hall–Kier alpha value is -3.00. The summed E-state index contributed by atoms with van der Waals surface area (Å²) in [6.07, 6.45) is 5.23. The molecule has 2 aromatic heterocycles. The van der Waals surface area contributed by atoms with Gasteiger partial charge < -0.3 is 14.0 Å². The Morgan fingerprint density at radius 3 is 2.46 bits per heavy atom. The van der Waals surface area contributed by atoms with Gasteiger partial charge in [-0.05, 0) is 49.7 Å². The third kappa shape index (κ3) is 4.12. The second-order valence-electron chi connectivity index (χ2n) is 6.86. The molecule has 3 aromatic rings. The minimum absolute atomic E-state index is 0.284. The lowest BCUT2D eigenvalue weighted by molar-refractivity contribution is 0.187.